The third-order valence-corrected chi connectivity index (χ3v) is 2.00. The van der Waals surface area contributed by atoms with Crippen molar-refractivity contribution in [3.05, 3.63) is 35.4 Å². The average molecular weight is 207 g/mol. The summed E-state index contributed by atoms with van der Waals surface area (Å²) in [6, 6.07) is 5.16. The van der Waals surface area contributed by atoms with Gasteiger partial charge in [0.05, 0.1) is 5.56 Å². The van der Waals surface area contributed by atoms with Crippen LogP contribution in [0.3, 0.4) is 0 Å². The SMILES string of the molecule is NSCc1cccc(C(F)(F)F)c1. The van der Waals surface area contributed by atoms with Gasteiger partial charge >= 0.3 is 6.18 Å². The summed E-state index contributed by atoms with van der Waals surface area (Å²) in [6.07, 6.45) is -4.27. The van der Waals surface area contributed by atoms with Gasteiger partial charge in [0.2, 0.25) is 0 Å². The largest absolute Gasteiger partial charge is 0.416 e. The molecule has 1 nitrogen and oxygen atoms in total. The van der Waals surface area contributed by atoms with E-state index in [2.05, 4.69) is 0 Å². The van der Waals surface area contributed by atoms with Gasteiger partial charge < -0.3 is 0 Å². The second kappa shape index (κ2) is 4.02. The van der Waals surface area contributed by atoms with Crippen LogP contribution < -0.4 is 5.14 Å². The molecule has 13 heavy (non-hydrogen) atoms. The number of benzene rings is 1. The lowest BCUT2D eigenvalue weighted by atomic mass is 10.1. The normalized spacial score (nSPS) is 11.7. The molecule has 0 fully saturated rings. The highest BCUT2D eigenvalue weighted by Crippen LogP contribution is 2.29. The molecule has 0 saturated heterocycles. The molecule has 0 saturated carbocycles. The Kier molecular flexibility index (Phi) is 3.22. The predicted molar refractivity (Wildman–Crippen MR) is 46.9 cm³/mol. The summed E-state index contributed by atoms with van der Waals surface area (Å²) in [5.74, 6) is 0.393. The van der Waals surface area contributed by atoms with E-state index in [1.54, 1.807) is 6.07 Å². The second-order valence-electron chi connectivity index (χ2n) is 2.51. The van der Waals surface area contributed by atoms with Crippen LogP contribution in [0.4, 0.5) is 13.2 Å². The summed E-state index contributed by atoms with van der Waals surface area (Å²) in [4.78, 5) is 0. The fourth-order valence-electron chi connectivity index (χ4n) is 0.934. The maximum absolute atomic E-state index is 12.2. The van der Waals surface area contributed by atoms with E-state index in [-0.39, 0.29) is 0 Å². The summed E-state index contributed by atoms with van der Waals surface area (Å²) >= 11 is 1.01. The van der Waals surface area contributed by atoms with E-state index in [4.69, 9.17) is 5.14 Å². The fourth-order valence-corrected chi connectivity index (χ4v) is 1.31. The molecule has 72 valence electrons. The lowest BCUT2D eigenvalue weighted by Crippen LogP contribution is -2.05. The second-order valence-corrected chi connectivity index (χ2v) is 3.13. The van der Waals surface area contributed by atoms with Crippen LogP contribution in [0, 0.1) is 0 Å². The highest BCUT2D eigenvalue weighted by Gasteiger charge is 2.30. The van der Waals surface area contributed by atoms with E-state index in [1.807, 2.05) is 0 Å². The maximum atomic E-state index is 12.2. The van der Waals surface area contributed by atoms with Crippen LogP contribution in [0.5, 0.6) is 0 Å². The van der Waals surface area contributed by atoms with E-state index in [0.29, 0.717) is 11.3 Å². The van der Waals surface area contributed by atoms with Crippen LogP contribution in [0.25, 0.3) is 0 Å². The fraction of sp³-hybridized carbons (Fsp3) is 0.250. The molecule has 5 heteroatoms. The molecular formula is C8H8F3NS. The zero-order valence-electron chi connectivity index (χ0n) is 6.64. The number of alkyl halides is 3. The van der Waals surface area contributed by atoms with Gasteiger partial charge in [-0.25, -0.2) is 0 Å². The van der Waals surface area contributed by atoms with Crippen molar-refractivity contribution in [2.45, 2.75) is 11.9 Å². The minimum absolute atomic E-state index is 0.393. The molecular weight excluding hydrogens is 199 g/mol. The highest BCUT2D eigenvalue weighted by molar-refractivity contribution is 7.96. The van der Waals surface area contributed by atoms with Gasteiger partial charge in [-0.05, 0) is 11.6 Å². The Balaban J connectivity index is 2.92. The van der Waals surface area contributed by atoms with Crippen molar-refractivity contribution in [3.63, 3.8) is 0 Å². The zero-order valence-corrected chi connectivity index (χ0v) is 7.45. The van der Waals surface area contributed by atoms with E-state index in [9.17, 15) is 13.2 Å². The third kappa shape index (κ3) is 2.93. The lowest BCUT2D eigenvalue weighted by Gasteiger charge is -2.07. The Hall–Kier alpha value is -0.680. The minimum atomic E-state index is -4.27. The Bertz CT molecular complexity index is 285. The molecule has 0 bridgehead atoms. The average Bonchev–Trinajstić information content (AvgIpc) is 2.04. The van der Waals surface area contributed by atoms with E-state index in [0.717, 1.165) is 24.1 Å². The van der Waals surface area contributed by atoms with Crippen LogP contribution in [0.1, 0.15) is 11.1 Å². The number of hydrogen-bond acceptors (Lipinski definition) is 2. The van der Waals surface area contributed by atoms with Crippen LogP contribution in [-0.2, 0) is 11.9 Å². The van der Waals surface area contributed by atoms with Gasteiger partial charge in [-0.15, -0.1) is 0 Å². The van der Waals surface area contributed by atoms with Crippen molar-refractivity contribution in [2.75, 3.05) is 0 Å². The van der Waals surface area contributed by atoms with E-state index < -0.39 is 11.7 Å². The van der Waals surface area contributed by atoms with E-state index in [1.165, 1.54) is 6.07 Å². The molecule has 0 aromatic heterocycles. The summed E-state index contributed by atoms with van der Waals surface area (Å²) < 4.78 is 36.5. The Morgan fingerprint density at radius 2 is 2.00 bits per heavy atom. The number of rotatable bonds is 2. The maximum Gasteiger partial charge on any atom is 0.416 e. The monoisotopic (exact) mass is 207 g/mol. The van der Waals surface area contributed by atoms with Gasteiger partial charge in [-0.1, -0.05) is 30.1 Å². The van der Waals surface area contributed by atoms with Crippen LogP contribution in [-0.4, -0.2) is 0 Å². The van der Waals surface area contributed by atoms with Crippen molar-refractivity contribution >= 4 is 11.9 Å². The number of nitrogens with two attached hydrogens (primary N) is 1. The molecule has 2 N–H and O–H groups in total. The minimum Gasteiger partial charge on any atom is -0.278 e. The molecule has 1 aromatic carbocycles. The number of hydrogen-bond donors (Lipinski definition) is 1. The molecule has 0 spiro atoms. The molecule has 0 unspecified atom stereocenters. The molecule has 1 aromatic rings. The standard InChI is InChI=1S/C8H8F3NS/c9-8(10,11)7-3-1-2-6(4-7)5-13-12/h1-4H,5,12H2. The lowest BCUT2D eigenvalue weighted by molar-refractivity contribution is -0.137. The number of halogens is 3. The van der Waals surface area contributed by atoms with Crippen molar-refractivity contribution in [1.29, 1.82) is 0 Å². The van der Waals surface area contributed by atoms with Crippen molar-refractivity contribution in [1.82, 2.24) is 0 Å². The molecule has 1 rings (SSSR count). The quantitative estimate of drug-likeness (QED) is 0.754. The van der Waals surface area contributed by atoms with Gasteiger partial charge in [0.25, 0.3) is 0 Å². The first kappa shape index (κ1) is 10.4. The molecule has 0 aliphatic rings. The summed E-state index contributed by atoms with van der Waals surface area (Å²) in [7, 11) is 0. The summed E-state index contributed by atoms with van der Waals surface area (Å²) in [6.45, 7) is 0. The van der Waals surface area contributed by atoms with Gasteiger partial charge in [0, 0.05) is 5.75 Å². The molecule has 0 amide bonds. The van der Waals surface area contributed by atoms with E-state index >= 15 is 0 Å². The van der Waals surface area contributed by atoms with Gasteiger partial charge in [-0.2, -0.15) is 13.2 Å². The van der Waals surface area contributed by atoms with Crippen molar-refractivity contribution in [2.24, 2.45) is 5.14 Å². The van der Waals surface area contributed by atoms with Crippen LogP contribution in [0.15, 0.2) is 24.3 Å². The predicted octanol–water partition coefficient (Wildman–Crippen LogP) is 2.81. The smallest absolute Gasteiger partial charge is 0.278 e. The molecule has 0 heterocycles. The first-order valence-corrected chi connectivity index (χ1v) is 4.56. The third-order valence-electron chi connectivity index (χ3n) is 1.50. The first-order valence-electron chi connectivity index (χ1n) is 3.52. The summed E-state index contributed by atoms with van der Waals surface area (Å²) in [5, 5.41) is 5.16. The topological polar surface area (TPSA) is 26.0 Å². The molecule has 0 radical (unpaired) electrons. The summed E-state index contributed by atoms with van der Waals surface area (Å²) in [5.41, 5.74) is -0.0404. The van der Waals surface area contributed by atoms with Crippen LogP contribution in [0.2, 0.25) is 0 Å². The Morgan fingerprint density at radius 3 is 2.54 bits per heavy atom. The highest BCUT2D eigenvalue weighted by atomic mass is 32.2. The van der Waals surface area contributed by atoms with Gasteiger partial charge in [-0.3, -0.25) is 5.14 Å². The Morgan fingerprint density at radius 1 is 1.31 bits per heavy atom. The van der Waals surface area contributed by atoms with Gasteiger partial charge in [0.15, 0.2) is 0 Å². The van der Waals surface area contributed by atoms with Crippen molar-refractivity contribution in [3.8, 4) is 0 Å². The van der Waals surface area contributed by atoms with Crippen molar-refractivity contribution < 1.29 is 13.2 Å². The molecule has 0 atom stereocenters. The first-order chi connectivity index (χ1) is 6.04. The Labute approximate surface area is 78.3 Å². The van der Waals surface area contributed by atoms with Crippen LogP contribution >= 0.6 is 11.9 Å². The molecule has 0 aliphatic carbocycles. The van der Waals surface area contributed by atoms with Gasteiger partial charge in [0.1, 0.15) is 0 Å². The molecule has 0 aliphatic heterocycles. The zero-order chi connectivity index (χ0) is 9.90.